The molecule has 0 aromatic carbocycles. The van der Waals surface area contributed by atoms with Gasteiger partial charge in [0.25, 0.3) is 0 Å². The Morgan fingerprint density at radius 1 is 1.45 bits per heavy atom. The number of hydrogen-bond acceptors (Lipinski definition) is 4. The zero-order chi connectivity index (χ0) is 15.5. The maximum absolute atomic E-state index is 12.2. The number of carboxylic acid groups (broad SMARTS) is 1. The molecule has 7 nitrogen and oxygen atoms in total. The Morgan fingerprint density at radius 3 is 2.50 bits per heavy atom. The number of halogens is 3. The highest BCUT2D eigenvalue weighted by Crippen LogP contribution is 2.23. The van der Waals surface area contributed by atoms with E-state index in [1.165, 1.54) is 0 Å². The van der Waals surface area contributed by atoms with E-state index in [4.69, 9.17) is 10.2 Å². The average Bonchev–Trinajstić information content (AvgIpc) is 2.65. The van der Waals surface area contributed by atoms with E-state index in [0.29, 0.717) is 4.90 Å². The van der Waals surface area contributed by atoms with Crippen molar-refractivity contribution in [2.75, 3.05) is 19.7 Å². The molecule has 0 saturated carbocycles. The number of rotatable bonds is 5. The maximum atomic E-state index is 12.2. The molecule has 114 valence electrons. The highest BCUT2D eigenvalue weighted by Gasteiger charge is 2.41. The summed E-state index contributed by atoms with van der Waals surface area (Å²) in [4.78, 5) is 34.1. The zero-order valence-electron chi connectivity index (χ0n) is 10.2. The maximum Gasteiger partial charge on any atom is 0.406 e. The van der Waals surface area contributed by atoms with E-state index in [2.05, 4.69) is 0 Å². The molecule has 0 radical (unpaired) electrons. The molecule has 1 heterocycles. The lowest BCUT2D eigenvalue weighted by Crippen LogP contribution is -2.46. The fourth-order valence-corrected chi connectivity index (χ4v) is 1.79. The lowest BCUT2D eigenvalue weighted by atomic mass is 10.1. The zero-order valence-corrected chi connectivity index (χ0v) is 10.2. The Bertz CT molecular complexity index is 412. The van der Waals surface area contributed by atoms with Crippen LogP contribution in [0, 0.1) is 5.92 Å². The minimum absolute atomic E-state index is 0.417. The molecule has 0 aromatic rings. The van der Waals surface area contributed by atoms with Crippen LogP contribution >= 0.6 is 0 Å². The van der Waals surface area contributed by atoms with Crippen molar-refractivity contribution in [3.05, 3.63) is 0 Å². The average molecular weight is 298 g/mol. The first-order valence-corrected chi connectivity index (χ1v) is 5.62. The molecule has 0 bridgehead atoms. The van der Waals surface area contributed by atoms with Crippen molar-refractivity contribution >= 4 is 17.8 Å². The third-order valence-electron chi connectivity index (χ3n) is 2.75. The summed E-state index contributed by atoms with van der Waals surface area (Å²) in [5.74, 6) is -4.22. The SMILES string of the molecule is O=C(N[C@@H](CO)C(=O)O)C1CC(=O)N(CC(F)(F)F)C1. The Hall–Kier alpha value is -1.84. The van der Waals surface area contributed by atoms with E-state index >= 15 is 0 Å². The molecule has 0 aromatic heterocycles. The van der Waals surface area contributed by atoms with Gasteiger partial charge < -0.3 is 20.4 Å². The first kappa shape index (κ1) is 16.2. The topological polar surface area (TPSA) is 107 Å². The minimum atomic E-state index is -4.56. The molecular weight excluding hydrogens is 285 g/mol. The van der Waals surface area contributed by atoms with Gasteiger partial charge in [-0.15, -0.1) is 0 Å². The van der Waals surface area contributed by atoms with Gasteiger partial charge in [-0.3, -0.25) is 9.59 Å². The number of likely N-dealkylation sites (tertiary alicyclic amines) is 1. The number of carbonyl (C=O) groups is 3. The van der Waals surface area contributed by atoms with Gasteiger partial charge in [0.1, 0.15) is 12.6 Å². The quantitative estimate of drug-likeness (QED) is 0.601. The minimum Gasteiger partial charge on any atom is -0.480 e. The van der Waals surface area contributed by atoms with E-state index in [9.17, 15) is 27.6 Å². The summed E-state index contributed by atoms with van der Waals surface area (Å²) >= 11 is 0. The Morgan fingerprint density at radius 2 is 2.05 bits per heavy atom. The summed E-state index contributed by atoms with van der Waals surface area (Å²) in [7, 11) is 0. The van der Waals surface area contributed by atoms with Gasteiger partial charge in [0.15, 0.2) is 0 Å². The van der Waals surface area contributed by atoms with Crippen LogP contribution < -0.4 is 5.32 Å². The molecule has 1 saturated heterocycles. The second-order valence-corrected chi connectivity index (χ2v) is 4.37. The van der Waals surface area contributed by atoms with Crippen molar-refractivity contribution in [3.63, 3.8) is 0 Å². The van der Waals surface area contributed by atoms with Gasteiger partial charge in [-0.2, -0.15) is 13.2 Å². The number of aliphatic hydroxyl groups excluding tert-OH is 1. The lowest BCUT2D eigenvalue weighted by Gasteiger charge is -2.19. The van der Waals surface area contributed by atoms with Crippen LogP contribution in [0.3, 0.4) is 0 Å². The third-order valence-corrected chi connectivity index (χ3v) is 2.75. The number of carbonyl (C=O) groups excluding carboxylic acids is 2. The highest BCUT2D eigenvalue weighted by atomic mass is 19.4. The summed E-state index contributed by atoms with van der Waals surface area (Å²) in [5.41, 5.74) is 0. The molecule has 1 fully saturated rings. The molecule has 1 aliphatic rings. The Labute approximate surface area is 111 Å². The molecule has 0 spiro atoms. The van der Waals surface area contributed by atoms with Crippen molar-refractivity contribution in [1.82, 2.24) is 10.2 Å². The van der Waals surface area contributed by atoms with Crippen LogP contribution in [0.5, 0.6) is 0 Å². The summed E-state index contributed by atoms with van der Waals surface area (Å²) in [6.45, 7) is -2.73. The molecule has 0 aliphatic carbocycles. The number of aliphatic hydroxyl groups is 1. The fourth-order valence-electron chi connectivity index (χ4n) is 1.79. The summed E-state index contributed by atoms with van der Waals surface area (Å²) < 4.78 is 36.5. The van der Waals surface area contributed by atoms with Gasteiger partial charge in [0.2, 0.25) is 11.8 Å². The molecular formula is C10H13F3N2O5. The van der Waals surface area contributed by atoms with Crippen LogP contribution in [0.2, 0.25) is 0 Å². The van der Waals surface area contributed by atoms with Crippen molar-refractivity contribution in [1.29, 1.82) is 0 Å². The monoisotopic (exact) mass is 298 g/mol. The van der Waals surface area contributed by atoms with Gasteiger partial charge in [-0.1, -0.05) is 0 Å². The molecule has 2 amide bonds. The van der Waals surface area contributed by atoms with Gasteiger partial charge in [0.05, 0.1) is 12.5 Å². The van der Waals surface area contributed by atoms with Gasteiger partial charge >= 0.3 is 12.1 Å². The Kier molecular flexibility index (Phi) is 4.93. The second kappa shape index (κ2) is 6.07. The molecule has 3 N–H and O–H groups in total. The molecule has 2 atom stereocenters. The van der Waals surface area contributed by atoms with Crippen LogP contribution in [-0.2, 0) is 14.4 Å². The normalized spacial score (nSPS) is 20.9. The van der Waals surface area contributed by atoms with Crippen LogP contribution in [0.15, 0.2) is 0 Å². The number of alkyl halides is 3. The summed E-state index contributed by atoms with van der Waals surface area (Å²) in [6.07, 6.45) is -4.98. The lowest BCUT2D eigenvalue weighted by molar-refractivity contribution is -0.157. The first-order valence-electron chi connectivity index (χ1n) is 5.62. The summed E-state index contributed by atoms with van der Waals surface area (Å²) in [5, 5.41) is 19.3. The van der Waals surface area contributed by atoms with Gasteiger partial charge in [-0.25, -0.2) is 4.79 Å². The predicted octanol–water partition coefficient (Wildman–Crippen LogP) is -1.04. The first-order chi connectivity index (χ1) is 9.14. The van der Waals surface area contributed by atoms with Gasteiger partial charge in [0, 0.05) is 13.0 Å². The van der Waals surface area contributed by atoms with E-state index in [0.717, 1.165) is 0 Å². The molecule has 1 unspecified atom stereocenters. The Balaban J connectivity index is 2.60. The van der Waals surface area contributed by atoms with E-state index in [1.54, 1.807) is 0 Å². The van der Waals surface area contributed by atoms with Gasteiger partial charge in [-0.05, 0) is 0 Å². The van der Waals surface area contributed by atoms with Crippen LogP contribution in [0.1, 0.15) is 6.42 Å². The van der Waals surface area contributed by atoms with E-state index in [1.807, 2.05) is 5.32 Å². The van der Waals surface area contributed by atoms with Crippen molar-refractivity contribution < 1.29 is 37.8 Å². The number of nitrogens with one attached hydrogen (secondary N) is 1. The number of amides is 2. The van der Waals surface area contributed by atoms with Crippen molar-refractivity contribution in [2.45, 2.75) is 18.6 Å². The highest BCUT2D eigenvalue weighted by molar-refractivity contribution is 5.91. The molecule has 1 rings (SSSR count). The third kappa shape index (κ3) is 4.37. The van der Waals surface area contributed by atoms with E-state index < -0.39 is 62.0 Å². The smallest absolute Gasteiger partial charge is 0.406 e. The van der Waals surface area contributed by atoms with Crippen molar-refractivity contribution in [2.24, 2.45) is 5.92 Å². The fraction of sp³-hybridized carbons (Fsp3) is 0.700. The number of hydrogen-bond donors (Lipinski definition) is 3. The number of carboxylic acids is 1. The summed E-state index contributed by atoms with van der Waals surface area (Å²) in [6, 6.07) is -1.55. The largest absolute Gasteiger partial charge is 0.480 e. The number of aliphatic carboxylic acids is 1. The molecule has 10 heteroatoms. The van der Waals surface area contributed by atoms with E-state index in [-0.39, 0.29) is 0 Å². The van der Waals surface area contributed by atoms with Crippen LogP contribution in [0.4, 0.5) is 13.2 Å². The predicted molar refractivity (Wildman–Crippen MR) is 57.4 cm³/mol. The molecule has 1 aliphatic heterocycles. The second-order valence-electron chi connectivity index (χ2n) is 4.37. The van der Waals surface area contributed by atoms with Crippen LogP contribution in [0.25, 0.3) is 0 Å². The van der Waals surface area contributed by atoms with Crippen LogP contribution in [-0.4, -0.2) is 64.8 Å². The standard InChI is InChI=1S/C10H13F3N2O5/c11-10(12,13)4-15-2-5(1-7(15)17)8(18)14-6(3-16)9(19)20/h5-6,16H,1-4H2,(H,14,18)(H,19,20)/t5?,6-/m0/s1. The number of nitrogens with zero attached hydrogens (tertiary/aromatic N) is 1. The molecule has 20 heavy (non-hydrogen) atoms. The van der Waals surface area contributed by atoms with Crippen molar-refractivity contribution in [3.8, 4) is 0 Å².